The van der Waals surface area contributed by atoms with E-state index >= 15 is 0 Å². The Morgan fingerprint density at radius 1 is 1.32 bits per heavy atom. The predicted molar refractivity (Wildman–Crippen MR) is 76.5 cm³/mol. The first-order valence-corrected chi connectivity index (χ1v) is 7.67. The zero-order valence-electron chi connectivity index (χ0n) is 11.8. The van der Waals surface area contributed by atoms with Crippen LogP contribution in [-0.2, 0) is 6.42 Å². The highest BCUT2D eigenvalue weighted by molar-refractivity contribution is 5.21. The van der Waals surface area contributed by atoms with Crippen molar-refractivity contribution < 1.29 is 4.39 Å². The normalized spacial score (nSPS) is 32.9. The third kappa shape index (κ3) is 2.43. The van der Waals surface area contributed by atoms with Gasteiger partial charge in [-0.15, -0.1) is 0 Å². The van der Waals surface area contributed by atoms with Crippen LogP contribution in [0.1, 0.15) is 38.2 Å². The Balaban J connectivity index is 1.82. The number of rotatable bonds is 5. The molecule has 0 aromatic heterocycles. The molecule has 0 amide bonds. The number of fused-ring (bicyclic) bond motifs is 2. The van der Waals surface area contributed by atoms with Gasteiger partial charge >= 0.3 is 0 Å². The van der Waals surface area contributed by atoms with Crippen molar-refractivity contribution >= 4 is 0 Å². The van der Waals surface area contributed by atoms with Crippen LogP contribution in [0.4, 0.5) is 4.39 Å². The predicted octanol–water partition coefficient (Wildman–Crippen LogP) is 3.78. The number of hydrogen-bond donors (Lipinski definition) is 1. The van der Waals surface area contributed by atoms with Gasteiger partial charge in [-0.25, -0.2) is 4.39 Å². The topological polar surface area (TPSA) is 12.0 Å². The summed E-state index contributed by atoms with van der Waals surface area (Å²) in [6, 6.07) is 7.32. The summed E-state index contributed by atoms with van der Waals surface area (Å²) in [5.74, 6) is 1.67. The van der Waals surface area contributed by atoms with E-state index in [4.69, 9.17) is 0 Å². The molecule has 19 heavy (non-hydrogen) atoms. The van der Waals surface area contributed by atoms with Gasteiger partial charge in [-0.3, -0.25) is 0 Å². The van der Waals surface area contributed by atoms with Crippen molar-refractivity contribution in [3.05, 3.63) is 35.6 Å². The number of hydrogen-bond acceptors (Lipinski definition) is 1. The Hall–Kier alpha value is -0.890. The Morgan fingerprint density at radius 2 is 2.16 bits per heavy atom. The minimum atomic E-state index is -0.0267. The van der Waals surface area contributed by atoms with Crippen LogP contribution < -0.4 is 5.32 Å². The lowest BCUT2D eigenvalue weighted by Crippen LogP contribution is -2.40. The van der Waals surface area contributed by atoms with Crippen molar-refractivity contribution in [1.29, 1.82) is 0 Å². The molecule has 1 nitrogen and oxygen atoms in total. The van der Waals surface area contributed by atoms with E-state index in [1.54, 1.807) is 12.1 Å². The van der Waals surface area contributed by atoms with Crippen LogP contribution in [-0.4, -0.2) is 13.1 Å². The maximum atomic E-state index is 14.0. The average molecular weight is 261 g/mol. The summed E-state index contributed by atoms with van der Waals surface area (Å²) >= 11 is 0. The average Bonchev–Trinajstić information content (AvgIpc) is 3.00. The van der Waals surface area contributed by atoms with Crippen molar-refractivity contribution in [3.8, 4) is 0 Å². The molecule has 0 saturated heterocycles. The maximum absolute atomic E-state index is 14.0. The first-order chi connectivity index (χ1) is 9.23. The maximum Gasteiger partial charge on any atom is 0.126 e. The summed E-state index contributed by atoms with van der Waals surface area (Å²) in [5.41, 5.74) is 1.22. The minimum absolute atomic E-state index is 0.0267. The number of halogens is 1. The summed E-state index contributed by atoms with van der Waals surface area (Å²) in [6.45, 7) is 4.22. The van der Waals surface area contributed by atoms with E-state index in [0.29, 0.717) is 5.41 Å². The summed E-state index contributed by atoms with van der Waals surface area (Å²) in [4.78, 5) is 0. The minimum Gasteiger partial charge on any atom is -0.316 e. The van der Waals surface area contributed by atoms with Crippen molar-refractivity contribution in [3.63, 3.8) is 0 Å². The fourth-order valence-electron chi connectivity index (χ4n) is 4.45. The highest BCUT2D eigenvalue weighted by atomic mass is 19.1. The van der Waals surface area contributed by atoms with Crippen molar-refractivity contribution in [2.75, 3.05) is 13.1 Å². The molecule has 2 aliphatic rings. The van der Waals surface area contributed by atoms with Crippen LogP contribution in [0.5, 0.6) is 0 Å². The van der Waals surface area contributed by atoms with E-state index in [-0.39, 0.29) is 5.82 Å². The molecular formula is C17H24FN. The van der Waals surface area contributed by atoms with Crippen LogP contribution >= 0.6 is 0 Å². The summed E-state index contributed by atoms with van der Waals surface area (Å²) < 4.78 is 14.0. The summed E-state index contributed by atoms with van der Waals surface area (Å²) in [7, 11) is 0. The Labute approximate surface area is 115 Å². The van der Waals surface area contributed by atoms with Gasteiger partial charge in [-0.1, -0.05) is 31.5 Å². The van der Waals surface area contributed by atoms with Crippen LogP contribution in [0.25, 0.3) is 0 Å². The lowest BCUT2D eigenvalue weighted by atomic mass is 9.69. The molecule has 3 atom stereocenters. The molecule has 3 rings (SSSR count). The summed E-state index contributed by atoms with van der Waals surface area (Å²) in [6.07, 6.45) is 6.33. The van der Waals surface area contributed by atoms with Crippen molar-refractivity contribution in [2.24, 2.45) is 17.3 Å². The van der Waals surface area contributed by atoms with E-state index in [0.717, 1.165) is 36.9 Å². The van der Waals surface area contributed by atoms with Crippen LogP contribution in [0.2, 0.25) is 0 Å². The molecule has 0 spiro atoms. The lowest BCUT2D eigenvalue weighted by Gasteiger charge is -2.38. The molecule has 2 saturated carbocycles. The van der Waals surface area contributed by atoms with E-state index in [1.807, 2.05) is 12.1 Å². The fraction of sp³-hybridized carbons (Fsp3) is 0.647. The number of nitrogens with one attached hydrogen (secondary N) is 1. The lowest BCUT2D eigenvalue weighted by molar-refractivity contribution is 0.156. The molecule has 1 aromatic rings. The first-order valence-electron chi connectivity index (χ1n) is 7.67. The Kier molecular flexibility index (Phi) is 3.62. The molecule has 1 N–H and O–H groups in total. The highest BCUT2D eigenvalue weighted by Crippen LogP contribution is 2.57. The van der Waals surface area contributed by atoms with Gasteiger partial charge in [-0.05, 0) is 61.1 Å². The van der Waals surface area contributed by atoms with Crippen LogP contribution in [0.15, 0.2) is 24.3 Å². The standard InChI is InChI=1S/C17H24FN/c1-2-19-12-17(10-13-7-8-15(17)9-13)11-14-5-3-4-6-16(14)18/h3-6,13,15,19H,2,7-12H2,1H3. The largest absolute Gasteiger partial charge is 0.316 e. The van der Waals surface area contributed by atoms with Gasteiger partial charge in [0.05, 0.1) is 0 Å². The van der Waals surface area contributed by atoms with E-state index < -0.39 is 0 Å². The fourth-order valence-corrected chi connectivity index (χ4v) is 4.45. The second-order valence-electron chi connectivity index (χ2n) is 6.49. The smallest absolute Gasteiger partial charge is 0.126 e. The molecule has 104 valence electrons. The van der Waals surface area contributed by atoms with Crippen LogP contribution in [0, 0.1) is 23.1 Å². The second kappa shape index (κ2) is 5.24. The SMILES string of the molecule is CCNCC1(Cc2ccccc2F)CC2CCC1C2. The molecule has 0 heterocycles. The third-order valence-electron chi connectivity index (χ3n) is 5.33. The van der Waals surface area contributed by atoms with E-state index in [2.05, 4.69) is 12.2 Å². The summed E-state index contributed by atoms with van der Waals surface area (Å²) in [5, 5.41) is 3.53. The third-order valence-corrected chi connectivity index (χ3v) is 5.33. The molecule has 2 heteroatoms. The van der Waals surface area contributed by atoms with Gasteiger partial charge in [-0.2, -0.15) is 0 Å². The van der Waals surface area contributed by atoms with Gasteiger partial charge in [0, 0.05) is 6.54 Å². The van der Waals surface area contributed by atoms with Gasteiger partial charge in [0.2, 0.25) is 0 Å². The van der Waals surface area contributed by atoms with Gasteiger partial charge in [0.15, 0.2) is 0 Å². The quantitative estimate of drug-likeness (QED) is 0.850. The van der Waals surface area contributed by atoms with E-state index in [9.17, 15) is 4.39 Å². The first kappa shape index (κ1) is 13.1. The molecule has 1 aromatic carbocycles. The molecule has 2 bridgehead atoms. The number of benzene rings is 1. The van der Waals surface area contributed by atoms with E-state index in [1.165, 1.54) is 25.7 Å². The van der Waals surface area contributed by atoms with Crippen LogP contribution in [0.3, 0.4) is 0 Å². The molecular weight excluding hydrogens is 237 g/mol. The molecule has 3 unspecified atom stereocenters. The van der Waals surface area contributed by atoms with Gasteiger partial charge in [0.25, 0.3) is 0 Å². The molecule has 2 aliphatic carbocycles. The Bertz CT molecular complexity index is 445. The van der Waals surface area contributed by atoms with Crippen molar-refractivity contribution in [1.82, 2.24) is 5.32 Å². The molecule has 0 radical (unpaired) electrons. The van der Waals surface area contributed by atoms with Gasteiger partial charge < -0.3 is 5.32 Å². The molecule has 0 aliphatic heterocycles. The second-order valence-corrected chi connectivity index (χ2v) is 6.49. The van der Waals surface area contributed by atoms with Gasteiger partial charge in [0.1, 0.15) is 5.82 Å². The zero-order chi connectivity index (χ0) is 13.3. The highest BCUT2D eigenvalue weighted by Gasteiger charge is 2.50. The zero-order valence-corrected chi connectivity index (χ0v) is 11.8. The Morgan fingerprint density at radius 3 is 2.79 bits per heavy atom. The van der Waals surface area contributed by atoms with Crippen molar-refractivity contribution in [2.45, 2.75) is 39.0 Å². The molecule has 2 fully saturated rings. The monoisotopic (exact) mass is 261 g/mol.